The maximum Gasteiger partial charge on any atom is 0.416 e. The monoisotopic (exact) mass is 591 g/mol. The molecule has 1 aromatic heterocycles. The zero-order valence-corrected chi connectivity index (χ0v) is 23.2. The van der Waals surface area contributed by atoms with E-state index in [-0.39, 0.29) is 46.7 Å². The Labute approximate surface area is 245 Å². The number of carbonyl (C=O) groups excluding carboxylic acids is 2. The molecule has 5 rings (SSSR count). The summed E-state index contributed by atoms with van der Waals surface area (Å²) in [6, 6.07) is 13.7. The number of rotatable bonds is 7. The smallest absolute Gasteiger partial charge is 0.416 e. The highest BCUT2D eigenvalue weighted by atomic mass is 19.4. The lowest BCUT2D eigenvalue weighted by Gasteiger charge is -2.44. The molecule has 1 fully saturated rings. The number of halogens is 3. The van der Waals surface area contributed by atoms with Gasteiger partial charge in [-0.05, 0) is 67.8 Å². The van der Waals surface area contributed by atoms with E-state index in [9.17, 15) is 37.9 Å². The van der Waals surface area contributed by atoms with Gasteiger partial charge in [-0.15, -0.1) is 0 Å². The number of furan rings is 1. The Morgan fingerprint density at radius 1 is 1.05 bits per heavy atom. The Morgan fingerprint density at radius 2 is 1.74 bits per heavy atom. The molecule has 43 heavy (non-hydrogen) atoms. The van der Waals surface area contributed by atoms with Gasteiger partial charge in [-0.3, -0.25) is 9.69 Å². The van der Waals surface area contributed by atoms with E-state index in [0.717, 1.165) is 36.3 Å². The normalized spacial score (nSPS) is 18.1. The summed E-state index contributed by atoms with van der Waals surface area (Å²) in [5, 5.41) is 18.7. The van der Waals surface area contributed by atoms with Gasteiger partial charge in [0.1, 0.15) is 5.76 Å². The van der Waals surface area contributed by atoms with Crippen LogP contribution in [0, 0.1) is 17.2 Å². The molecule has 0 saturated heterocycles. The third kappa shape index (κ3) is 5.91. The molecule has 0 spiro atoms. The maximum atomic E-state index is 14.3. The van der Waals surface area contributed by atoms with E-state index in [4.69, 9.17) is 4.42 Å². The number of nitriles is 1. The van der Waals surface area contributed by atoms with Crippen molar-refractivity contribution in [2.24, 2.45) is 5.92 Å². The molecular weight excluding hydrogens is 563 g/mol. The summed E-state index contributed by atoms with van der Waals surface area (Å²) >= 11 is 0. The molecule has 1 atom stereocenters. The molecule has 1 aliphatic heterocycles. The number of alkyl halides is 3. The summed E-state index contributed by atoms with van der Waals surface area (Å²) in [6.07, 6.45) is -0.671. The average molecular weight is 592 g/mol. The Morgan fingerprint density at radius 3 is 2.35 bits per heavy atom. The summed E-state index contributed by atoms with van der Waals surface area (Å²) < 4.78 is 46.5. The van der Waals surface area contributed by atoms with E-state index in [1.807, 2.05) is 6.07 Å². The van der Waals surface area contributed by atoms with Gasteiger partial charge in [0.25, 0.3) is 0 Å². The van der Waals surface area contributed by atoms with Crippen LogP contribution in [0.4, 0.5) is 23.7 Å². The van der Waals surface area contributed by atoms with Crippen LogP contribution in [-0.2, 0) is 17.5 Å². The molecule has 1 N–H and O–H groups in total. The molecule has 0 bridgehead atoms. The number of Topliss-reactive ketones (excluding diaryl/α,β-unsaturated/α-hetero) is 1. The summed E-state index contributed by atoms with van der Waals surface area (Å²) in [7, 11) is 0. The number of aromatic carboxylic acids is 1. The van der Waals surface area contributed by atoms with Crippen LogP contribution >= 0.6 is 0 Å². The van der Waals surface area contributed by atoms with Crippen molar-refractivity contribution in [2.75, 3.05) is 4.90 Å². The molecule has 2 aliphatic rings. The first-order valence-corrected chi connectivity index (χ1v) is 13.8. The summed E-state index contributed by atoms with van der Waals surface area (Å²) in [4.78, 5) is 42.5. The van der Waals surface area contributed by atoms with Crippen LogP contribution in [0.3, 0.4) is 0 Å². The Kier molecular flexibility index (Phi) is 8.13. The van der Waals surface area contributed by atoms with Gasteiger partial charge < -0.3 is 14.4 Å². The van der Waals surface area contributed by atoms with E-state index in [1.54, 1.807) is 31.2 Å². The molecule has 2 aromatic carbocycles. The average Bonchev–Trinajstić information content (AvgIpc) is 3.47. The summed E-state index contributed by atoms with van der Waals surface area (Å²) in [6.45, 7) is 1.28. The molecule has 0 radical (unpaired) electrons. The zero-order chi connectivity index (χ0) is 30.9. The maximum absolute atomic E-state index is 14.3. The van der Waals surface area contributed by atoms with Crippen LogP contribution in [0.15, 0.2) is 76.4 Å². The Balaban J connectivity index is 1.72. The number of urea groups is 1. The molecule has 3 aromatic rings. The zero-order valence-electron chi connectivity index (χ0n) is 23.2. The van der Waals surface area contributed by atoms with Gasteiger partial charge in [-0.1, -0.05) is 37.5 Å². The lowest BCUT2D eigenvalue weighted by molar-refractivity contribution is -0.137. The molecule has 8 nitrogen and oxygen atoms in total. The second-order valence-electron chi connectivity index (χ2n) is 10.7. The first-order valence-electron chi connectivity index (χ1n) is 13.8. The van der Waals surface area contributed by atoms with Gasteiger partial charge in [0.2, 0.25) is 5.76 Å². The van der Waals surface area contributed by atoms with Crippen LogP contribution in [0.2, 0.25) is 0 Å². The van der Waals surface area contributed by atoms with E-state index < -0.39 is 29.8 Å². The van der Waals surface area contributed by atoms with Crippen LogP contribution in [0.1, 0.15) is 78.1 Å². The van der Waals surface area contributed by atoms with Crippen molar-refractivity contribution < 1.29 is 37.1 Å². The number of benzene rings is 2. The van der Waals surface area contributed by atoms with Gasteiger partial charge in [0, 0.05) is 17.2 Å². The topological polar surface area (TPSA) is 115 Å². The fourth-order valence-corrected chi connectivity index (χ4v) is 5.87. The molecule has 1 saturated carbocycles. The van der Waals surface area contributed by atoms with Gasteiger partial charge in [0.15, 0.2) is 5.78 Å². The van der Waals surface area contributed by atoms with Gasteiger partial charge in [-0.25, -0.2) is 9.59 Å². The second kappa shape index (κ2) is 11.8. The molecular formula is C32H28F3N3O5. The molecule has 222 valence electrons. The number of nitrogens with zero attached hydrogens (tertiary/aromatic N) is 3. The van der Waals surface area contributed by atoms with Crippen LogP contribution in [-0.4, -0.2) is 27.8 Å². The number of carbonyl (C=O) groups is 3. The summed E-state index contributed by atoms with van der Waals surface area (Å²) in [5.74, 6) is -2.09. The van der Waals surface area contributed by atoms with Crippen molar-refractivity contribution in [3.8, 4) is 6.07 Å². The quantitative estimate of drug-likeness (QED) is 0.305. The number of carboxylic acid groups (broad SMARTS) is 1. The van der Waals surface area contributed by atoms with Crippen molar-refractivity contribution in [3.63, 3.8) is 0 Å². The highest BCUT2D eigenvalue weighted by Crippen LogP contribution is 2.44. The first-order chi connectivity index (χ1) is 20.5. The third-order valence-electron chi connectivity index (χ3n) is 7.97. The number of anilines is 1. The van der Waals surface area contributed by atoms with Crippen molar-refractivity contribution in [1.82, 2.24) is 4.90 Å². The van der Waals surface area contributed by atoms with E-state index in [1.165, 1.54) is 29.2 Å². The second-order valence-corrected chi connectivity index (χ2v) is 10.7. The van der Waals surface area contributed by atoms with E-state index in [0.29, 0.717) is 24.0 Å². The van der Waals surface area contributed by atoms with E-state index in [2.05, 4.69) is 0 Å². The van der Waals surface area contributed by atoms with Crippen molar-refractivity contribution in [1.29, 1.82) is 5.26 Å². The number of hydrogen-bond donors (Lipinski definition) is 1. The highest BCUT2D eigenvalue weighted by molar-refractivity contribution is 6.06. The predicted molar refractivity (Wildman–Crippen MR) is 149 cm³/mol. The molecule has 2 amide bonds. The molecule has 1 unspecified atom stereocenters. The standard InChI is InChI=1S/C32H28F3N3O5/c1-19-27(29(39)22-6-3-2-4-7-22)28(21-12-10-20(17-36)11-13-21)37(18-25-14-15-26(43-25)30(40)41)31(42)38(19)24-9-5-8-23(16-24)32(33,34)35/h5,8-16,22,28H,2-4,6-7,18H2,1H3,(H,40,41). The lowest BCUT2D eigenvalue weighted by atomic mass is 9.79. The van der Waals surface area contributed by atoms with Crippen molar-refractivity contribution >= 4 is 23.5 Å². The molecule has 1 aliphatic carbocycles. The predicted octanol–water partition coefficient (Wildman–Crippen LogP) is 7.48. The minimum absolute atomic E-state index is 0.0692. The van der Waals surface area contributed by atoms with Crippen LogP contribution < -0.4 is 4.90 Å². The van der Waals surface area contributed by atoms with Crippen LogP contribution in [0.5, 0.6) is 0 Å². The van der Waals surface area contributed by atoms with Crippen LogP contribution in [0.25, 0.3) is 0 Å². The fourth-order valence-electron chi connectivity index (χ4n) is 5.87. The minimum atomic E-state index is -4.67. The van der Waals surface area contributed by atoms with Crippen molar-refractivity contribution in [2.45, 2.75) is 57.8 Å². The van der Waals surface area contributed by atoms with Gasteiger partial charge >= 0.3 is 18.2 Å². The number of hydrogen-bond acceptors (Lipinski definition) is 5. The first kappa shape index (κ1) is 29.6. The largest absolute Gasteiger partial charge is 0.475 e. The number of allylic oxidation sites excluding steroid dienone is 1. The molecule has 11 heteroatoms. The number of amides is 2. The summed E-state index contributed by atoms with van der Waals surface area (Å²) in [5.41, 5.74) is 0.305. The molecule has 2 heterocycles. The Hall–Kier alpha value is -4.85. The Bertz CT molecular complexity index is 1630. The fraction of sp³-hybridized carbons (Fsp3) is 0.312. The van der Waals surface area contributed by atoms with E-state index >= 15 is 0 Å². The number of carboxylic acids is 1. The van der Waals surface area contributed by atoms with Crippen molar-refractivity contribution in [3.05, 3.63) is 100 Å². The SMILES string of the molecule is CC1=C(C(=O)C2CCCCC2)C(c2ccc(C#N)cc2)N(Cc2ccc(C(=O)O)o2)C(=O)N1c1cccc(C(F)(F)F)c1. The minimum Gasteiger partial charge on any atom is -0.475 e. The lowest BCUT2D eigenvalue weighted by Crippen LogP contribution is -2.51. The number of ketones is 1. The third-order valence-corrected chi connectivity index (χ3v) is 7.97. The highest BCUT2D eigenvalue weighted by Gasteiger charge is 2.44. The van der Waals surface area contributed by atoms with Gasteiger partial charge in [0.05, 0.1) is 35.5 Å². The van der Waals surface area contributed by atoms with Gasteiger partial charge in [-0.2, -0.15) is 18.4 Å².